The zero-order valence-corrected chi connectivity index (χ0v) is 9.07. The Balaban J connectivity index is 2.29. The van der Waals surface area contributed by atoms with Gasteiger partial charge in [-0.3, -0.25) is 0 Å². The lowest BCUT2D eigenvalue weighted by Gasteiger charge is -2.05. The van der Waals surface area contributed by atoms with Gasteiger partial charge < -0.3 is 0 Å². The fourth-order valence-corrected chi connectivity index (χ4v) is 2.52. The third kappa shape index (κ3) is 1.10. The van der Waals surface area contributed by atoms with Crippen molar-refractivity contribution >= 4 is 0 Å². The van der Waals surface area contributed by atoms with E-state index in [4.69, 9.17) is 5.26 Å². The maximum absolute atomic E-state index is 8.92. The van der Waals surface area contributed by atoms with Gasteiger partial charge in [-0.25, -0.2) is 0 Å². The molecule has 0 bridgehead atoms. The third-order valence-corrected chi connectivity index (χ3v) is 3.36. The Kier molecular flexibility index (Phi) is 1.84. The van der Waals surface area contributed by atoms with E-state index in [0.717, 1.165) is 5.56 Å². The second kappa shape index (κ2) is 3.21. The second-order valence-electron chi connectivity index (χ2n) is 4.22. The highest BCUT2D eigenvalue weighted by atomic mass is 14.3. The van der Waals surface area contributed by atoms with E-state index < -0.39 is 0 Å². The average molecular weight is 205 g/mol. The molecule has 1 aliphatic carbocycles. The zero-order valence-electron chi connectivity index (χ0n) is 9.07. The quantitative estimate of drug-likeness (QED) is 0.643. The Bertz CT molecular complexity index is 605. The summed E-state index contributed by atoms with van der Waals surface area (Å²) in [5.41, 5.74) is 5.99. The number of benzene rings is 2. The highest BCUT2D eigenvalue weighted by Gasteiger charge is 2.24. The van der Waals surface area contributed by atoms with Gasteiger partial charge in [-0.2, -0.15) is 5.26 Å². The normalized spacial score (nSPS) is 16.4. The van der Waals surface area contributed by atoms with Gasteiger partial charge in [-0.1, -0.05) is 37.3 Å². The maximum atomic E-state index is 8.92. The molecule has 76 valence electrons. The summed E-state index contributed by atoms with van der Waals surface area (Å²) >= 11 is 0. The van der Waals surface area contributed by atoms with Crippen LogP contribution in [0, 0.1) is 11.3 Å². The summed E-state index contributed by atoms with van der Waals surface area (Å²) in [6.07, 6.45) is 0. The average Bonchev–Trinajstić information content (AvgIpc) is 2.64. The fraction of sp³-hybridized carbons (Fsp3) is 0.133. The van der Waals surface area contributed by atoms with Crippen LogP contribution in [0.1, 0.15) is 29.5 Å². The van der Waals surface area contributed by atoms with Gasteiger partial charge in [0.15, 0.2) is 0 Å². The van der Waals surface area contributed by atoms with E-state index >= 15 is 0 Å². The fourth-order valence-electron chi connectivity index (χ4n) is 2.52. The van der Waals surface area contributed by atoms with Crippen LogP contribution in [0.4, 0.5) is 0 Å². The molecule has 0 amide bonds. The topological polar surface area (TPSA) is 23.8 Å². The van der Waals surface area contributed by atoms with Gasteiger partial charge in [0, 0.05) is 5.92 Å². The van der Waals surface area contributed by atoms with Crippen molar-refractivity contribution < 1.29 is 0 Å². The molecule has 0 spiro atoms. The predicted molar refractivity (Wildman–Crippen MR) is 64.1 cm³/mol. The Morgan fingerprint density at radius 1 is 1.00 bits per heavy atom. The molecule has 1 heteroatoms. The van der Waals surface area contributed by atoms with Crippen molar-refractivity contribution in [1.29, 1.82) is 5.26 Å². The van der Waals surface area contributed by atoms with Gasteiger partial charge in [0.2, 0.25) is 0 Å². The van der Waals surface area contributed by atoms with Gasteiger partial charge in [0.05, 0.1) is 11.6 Å². The predicted octanol–water partition coefficient (Wildman–Crippen LogP) is 3.69. The first-order valence-electron chi connectivity index (χ1n) is 5.44. The summed E-state index contributed by atoms with van der Waals surface area (Å²) in [5.74, 6) is 0.402. The number of nitriles is 1. The van der Waals surface area contributed by atoms with Crippen LogP contribution in [-0.2, 0) is 0 Å². The summed E-state index contributed by atoms with van der Waals surface area (Å²) in [5, 5.41) is 8.92. The molecule has 3 rings (SSSR count). The molecule has 16 heavy (non-hydrogen) atoms. The molecule has 0 fully saturated rings. The number of hydrogen-bond donors (Lipinski definition) is 0. The van der Waals surface area contributed by atoms with Gasteiger partial charge in [-0.05, 0) is 34.4 Å². The van der Waals surface area contributed by atoms with Gasteiger partial charge in [0.1, 0.15) is 0 Å². The number of hydrogen-bond acceptors (Lipinski definition) is 1. The van der Waals surface area contributed by atoms with Crippen molar-refractivity contribution in [3.63, 3.8) is 0 Å². The first-order chi connectivity index (χ1) is 7.81. The molecular formula is C15H11N. The summed E-state index contributed by atoms with van der Waals surface area (Å²) in [7, 11) is 0. The lowest BCUT2D eigenvalue weighted by atomic mass is 9.98. The molecule has 0 aliphatic heterocycles. The molecular weight excluding hydrogens is 194 g/mol. The van der Waals surface area contributed by atoms with Crippen molar-refractivity contribution in [1.82, 2.24) is 0 Å². The largest absolute Gasteiger partial charge is 0.192 e. The molecule has 0 saturated heterocycles. The van der Waals surface area contributed by atoms with E-state index in [1.165, 1.54) is 22.3 Å². The van der Waals surface area contributed by atoms with Crippen molar-refractivity contribution in [2.75, 3.05) is 0 Å². The minimum absolute atomic E-state index is 0.402. The third-order valence-electron chi connectivity index (χ3n) is 3.36. The van der Waals surface area contributed by atoms with E-state index in [0.29, 0.717) is 5.92 Å². The smallest absolute Gasteiger partial charge is 0.0991 e. The van der Waals surface area contributed by atoms with Crippen LogP contribution >= 0.6 is 0 Å². The minimum atomic E-state index is 0.402. The van der Waals surface area contributed by atoms with Crippen LogP contribution in [0.3, 0.4) is 0 Å². The van der Waals surface area contributed by atoms with Crippen LogP contribution < -0.4 is 0 Å². The number of fused-ring (bicyclic) bond motifs is 3. The van der Waals surface area contributed by atoms with E-state index in [2.05, 4.69) is 43.3 Å². The van der Waals surface area contributed by atoms with Crippen molar-refractivity contribution in [2.24, 2.45) is 0 Å². The maximum Gasteiger partial charge on any atom is 0.0991 e. The van der Waals surface area contributed by atoms with E-state index in [-0.39, 0.29) is 0 Å². The standard InChI is InChI=1S/C15H11N/c1-10-12-4-2-3-5-13(12)14-7-6-11(9-16)8-15(10)14/h2-8,10H,1H3. The molecule has 1 nitrogen and oxygen atoms in total. The lowest BCUT2D eigenvalue weighted by molar-refractivity contribution is 0.956. The molecule has 0 aromatic heterocycles. The summed E-state index contributed by atoms with van der Waals surface area (Å²) in [4.78, 5) is 0. The summed E-state index contributed by atoms with van der Waals surface area (Å²) in [6, 6.07) is 16.7. The minimum Gasteiger partial charge on any atom is -0.192 e. The number of rotatable bonds is 0. The Labute approximate surface area is 95.0 Å². The van der Waals surface area contributed by atoms with E-state index in [1.807, 2.05) is 12.1 Å². The summed E-state index contributed by atoms with van der Waals surface area (Å²) in [6.45, 7) is 2.20. The van der Waals surface area contributed by atoms with Crippen molar-refractivity contribution in [2.45, 2.75) is 12.8 Å². The van der Waals surface area contributed by atoms with Crippen LogP contribution in [0.15, 0.2) is 42.5 Å². The van der Waals surface area contributed by atoms with E-state index in [1.54, 1.807) is 0 Å². The molecule has 1 unspecified atom stereocenters. The Hall–Kier alpha value is -2.07. The highest BCUT2D eigenvalue weighted by Crippen LogP contribution is 2.44. The molecule has 2 aromatic carbocycles. The SMILES string of the molecule is CC1c2ccccc2-c2ccc(C#N)cc21. The van der Waals surface area contributed by atoms with Crippen LogP contribution in [0.5, 0.6) is 0 Å². The van der Waals surface area contributed by atoms with Gasteiger partial charge in [-0.15, -0.1) is 0 Å². The molecule has 1 atom stereocenters. The molecule has 0 saturated carbocycles. The molecule has 1 aliphatic rings. The molecule has 0 N–H and O–H groups in total. The van der Waals surface area contributed by atoms with Gasteiger partial charge in [0.25, 0.3) is 0 Å². The number of nitrogens with zero attached hydrogens (tertiary/aromatic N) is 1. The first-order valence-corrected chi connectivity index (χ1v) is 5.44. The van der Waals surface area contributed by atoms with Crippen LogP contribution in [-0.4, -0.2) is 0 Å². The van der Waals surface area contributed by atoms with Crippen molar-refractivity contribution in [3.8, 4) is 17.2 Å². The van der Waals surface area contributed by atoms with Crippen LogP contribution in [0.25, 0.3) is 11.1 Å². The Morgan fingerprint density at radius 3 is 2.56 bits per heavy atom. The van der Waals surface area contributed by atoms with Crippen molar-refractivity contribution in [3.05, 3.63) is 59.2 Å². The summed E-state index contributed by atoms with van der Waals surface area (Å²) < 4.78 is 0. The van der Waals surface area contributed by atoms with E-state index in [9.17, 15) is 0 Å². The second-order valence-corrected chi connectivity index (χ2v) is 4.22. The molecule has 2 aromatic rings. The van der Waals surface area contributed by atoms with Gasteiger partial charge >= 0.3 is 0 Å². The first kappa shape index (κ1) is 9.18. The molecule has 0 radical (unpaired) electrons. The highest BCUT2D eigenvalue weighted by molar-refractivity contribution is 5.79. The monoisotopic (exact) mass is 205 g/mol. The van der Waals surface area contributed by atoms with Crippen LogP contribution in [0.2, 0.25) is 0 Å². The molecule has 0 heterocycles. The zero-order chi connectivity index (χ0) is 11.1. The lowest BCUT2D eigenvalue weighted by Crippen LogP contribution is -1.89. The Morgan fingerprint density at radius 2 is 1.75 bits per heavy atom.